The number of anilines is 1. The van der Waals surface area contributed by atoms with E-state index in [4.69, 9.17) is 0 Å². The molecule has 0 fully saturated rings. The Labute approximate surface area is 133 Å². The maximum absolute atomic E-state index is 12.9. The molecule has 1 aromatic rings. The number of halogens is 3. The number of rotatable bonds is 3. The zero-order chi connectivity index (χ0) is 18.0. The van der Waals surface area contributed by atoms with Crippen LogP contribution in [-0.2, 0) is 15.8 Å². The predicted molar refractivity (Wildman–Crippen MR) is 81.9 cm³/mol. The standard InChI is InChI=1S/C16H21F3N2O2/c1-9-6-7-11(8-12(9)16(17,18)19)21-13(22)10(2)20-14(23)15(3,4)5/h6-8,10H,1-5H3,(H,20,23)(H,21,22). The highest BCUT2D eigenvalue weighted by Gasteiger charge is 2.32. The third kappa shape index (κ3) is 5.26. The summed E-state index contributed by atoms with van der Waals surface area (Å²) in [6.45, 7) is 7.91. The van der Waals surface area contributed by atoms with Crippen LogP contribution in [0.25, 0.3) is 0 Å². The summed E-state index contributed by atoms with van der Waals surface area (Å²) in [4.78, 5) is 23.8. The van der Waals surface area contributed by atoms with E-state index in [-0.39, 0.29) is 17.2 Å². The minimum atomic E-state index is -4.49. The van der Waals surface area contributed by atoms with Crippen LogP contribution in [0.4, 0.5) is 18.9 Å². The number of hydrogen-bond donors (Lipinski definition) is 2. The van der Waals surface area contributed by atoms with Gasteiger partial charge in [-0.25, -0.2) is 0 Å². The van der Waals surface area contributed by atoms with E-state index < -0.39 is 29.1 Å². The molecule has 1 unspecified atom stereocenters. The van der Waals surface area contributed by atoms with Crippen molar-refractivity contribution in [1.29, 1.82) is 0 Å². The van der Waals surface area contributed by atoms with E-state index >= 15 is 0 Å². The number of hydrogen-bond acceptors (Lipinski definition) is 2. The average molecular weight is 330 g/mol. The zero-order valence-corrected chi connectivity index (χ0v) is 13.8. The molecule has 0 aliphatic heterocycles. The lowest BCUT2D eigenvalue weighted by atomic mass is 9.95. The Hall–Kier alpha value is -2.05. The van der Waals surface area contributed by atoms with Crippen molar-refractivity contribution in [2.75, 3.05) is 5.32 Å². The maximum Gasteiger partial charge on any atom is 0.416 e. The van der Waals surface area contributed by atoms with Gasteiger partial charge in [-0.2, -0.15) is 13.2 Å². The topological polar surface area (TPSA) is 58.2 Å². The molecule has 1 aromatic carbocycles. The van der Waals surface area contributed by atoms with E-state index in [2.05, 4.69) is 10.6 Å². The molecule has 0 aliphatic carbocycles. The molecule has 2 amide bonds. The van der Waals surface area contributed by atoms with Gasteiger partial charge in [0.25, 0.3) is 0 Å². The molecule has 7 heteroatoms. The van der Waals surface area contributed by atoms with Crippen LogP contribution in [-0.4, -0.2) is 17.9 Å². The van der Waals surface area contributed by atoms with Crippen LogP contribution in [0, 0.1) is 12.3 Å². The van der Waals surface area contributed by atoms with Crippen LogP contribution in [0.15, 0.2) is 18.2 Å². The highest BCUT2D eigenvalue weighted by Crippen LogP contribution is 2.33. The zero-order valence-electron chi connectivity index (χ0n) is 13.8. The summed E-state index contributed by atoms with van der Waals surface area (Å²) >= 11 is 0. The number of aryl methyl sites for hydroxylation is 1. The monoisotopic (exact) mass is 330 g/mol. The molecule has 1 rings (SSSR count). The van der Waals surface area contributed by atoms with Gasteiger partial charge in [-0.15, -0.1) is 0 Å². The van der Waals surface area contributed by atoms with Gasteiger partial charge in [0.1, 0.15) is 6.04 Å². The molecule has 0 heterocycles. The molecular formula is C16H21F3N2O2. The summed E-state index contributed by atoms with van der Waals surface area (Å²) in [6.07, 6.45) is -4.49. The number of amides is 2. The molecule has 0 aromatic heterocycles. The van der Waals surface area contributed by atoms with Crippen molar-refractivity contribution in [3.8, 4) is 0 Å². The Morgan fingerprint density at radius 1 is 1.13 bits per heavy atom. The summed E-state index contributed by atoms with van der Waals surface area (Å²) in [7, 11) is 0. The van der Waals surface area contributed by atoms with E-state index in [1.165, 1.54) is 26.0 Å². The minimum absolute atomic E-state index is 0.0322. The number of carbonyl (C=O) groups excluding carboxylic acids is 2. The van der Waals surface area contributed by atoms with Crippen molar-refractivity contribution < 1.29 is 22.8 Å². The Bertz CT molecular complexity index is 604. The number of benzene rings is 1. The summed E-state index contributed by atoms with van der Waals surface area (Å²) in [6, 6.07) is 2.70. The fourth-order valence-corrected chi connectivity index (χ4v) is 1.73. The summed E-state index contributed by atoms with van der Waals surface area (Å²) in [5.41, 5.74) is -1.36. The van der Waals surface area contributed by atoms with Gasteiger partial charge in [-0.05, 0) is 31.5 Å². The van der Waals surface area contributed by atoms with Gasteiger partial charge in [0.05, 0.1) is 5.56 Å². The average Bonchev–Trinajstić information content (AvgIpc) is 2.38. The summed E-state index contributed by atoms with van der Waals surface area (Å²) < 4.78 is 38.6. The molecular weight excluding hydrogens is 309 g/mol. The van der Waals surface area contributed by atoms with Crippen molar-refractivity contribution in [1.82, 2.24) is 5.32 Å². The van der Waals surface area contributed by atoms with Crippen molar-refractivity contribution in [2.45, 2.75) is 46.8 Å². The molecule has 1 atom stereocenters. The van der Waals surface area contributed by atoms with E-state index in [1.807, 2.05) is 0 Å². The molecule has 23 heavy (non-hydrogen) atoms. The SMILES string of the molecule is Cc1ccc(NC(=O)C(C)NC(=O)C(C)(C)C)cc1C(F)(F)F. The van der Waals surface area contributed by atoms with Gasteiger partial charge in [-0.1, -0.05) is 26.8 Å². The number of carbonyl (C=O) groups is 2. The Kier molecular flexibility index (Phi) is 5.45. The lowest BCUT2D eigenvalue weighted by molar-refractivity contribution is -0.138. The van der Waals surface area contributed by atoms with Crippen molar-refractivity contribution in [2.24, 2.45) is 5.41 Å². The smallest absolute Gasteiger partial charge is 0.344 e. The van der Waals surface area contributed by atoms with E-state index in [1.54, 1.807) is 20.8 Å². The number of alkyl halides is 3. The number of nitrogens with one attached hydrogen (secondary N) is 2. The van der Waals surface area contributed by atoms with E-state index in [0.717, 1.165) is 6.07 Å². The molecule has 128 valence electrons. The second-order valence-corrected chi connectivity index (χ2v) is 6.46. The van der Waals surface area contributed by atoms with Crippen LogP contribution in [0.2, 0.25) is 0 Å². The first kappa shape index (κ1) is 19.0. The largest absolute Gasteiger partial charge is 0.416 e. The van der Waals surface area contributed by atoms with E-state index in [9.17, 15) is 22.8 Å². The van der Waals surface area contributed by atoms with Crippen molar-refractivity contribution in [3.05, 3.63) is 29.3 Å². The second-order valence-electron chi connectivity index (χ2n) is 6.46. The lowest BCUT2D eigenvalue weighted by Gasteiger charge is -2.21. The Balaban J connectivity index is 2.84. The van der Waals surface area contributed by atoms with Gasteiger partial charge < -0.3 is 10.6 Å². The van der Waals surface area contributed by atoms with Crippen molar-refractivity contribution >= 4 is 17.5 Å². The van der Waals surface area contributed by atoms with Gasteiger partial charge in [-0.3, -0.25) is 9.59 Å². The predicted octanol–water partition coefficient (Wildman–Crippen LogP) is 3.50. The highest BCUT2D eigenvalue weighted by molar-refractivity contribution is 5.97. The fourth-order valence-electron chi connectivity index (χ4n) is 1.73. The first-order valence-electron chi connectivity index (χ1n) is 7.12. The molecule has 0 bridgehead atoms. The third-order valence-electron chi connectivity index (χ3n) is 3.23. The van der Waals surface area contributed by atoms with Crippen LogP contribution < -0.4 is 10.6 Å². The first-order valence-corrected chi connectivity index (χ1v) is 7.12. The first-order chi connectivity index (χ1) is 10.3. The molecule has 0 saturated heterocycles. The summed E-state index contributed by atoms with van der Waals surface area (Å²) in [5.74, 6) is -0.903. The minimum Gasteiger partial charge on any atom is -0.344 e. The van der Waals surface area contributed by atoms with Crippen LogP contribution in [0.5, 0.6) is 0 Å². The molecule has 2 N–H and O–H groups in total. The van der Waals surface area contributed by atoms with Gasteiger partial charge >= 0.3 is 6.18 Å². The second kappa shape index (κ2) is 6.60. The molecule has 0 aliphatic rings. The van der Waals surface area contributed by atoms with Crippen LogP contribution in [0.3, 0.4) is 0 Å². The van der Waals surface area contributed by atoms with Crippen LogP contribution in [0.1, 0.15) is 38.8 Å². The highest BCUT2D eigenvalue weighted by atomic mass is 19.4. The van der Waals surface area contributed by atoms with Gasteiger partial charge in [0.15, 0.2) is 0 Å². The molecule has 0 radical (unpaired) electrons. The molecule has 4 nitrogen and oxygen atoms in total. The van der Waals surface area contributed by atoms with Gasteiger partial charge in [0.2, 0.25) is 11.8 Å². The normalized spacial score (nSPS) is 13.4. The lowest BCUT2D eigenvalue weighted by Crippen LogP contribution is -2.46. The summed E-state index contributed by atoms with van der Waals surface area (Å²) in [5, 5.41) is 4.91. The van der Waals surface area contributed by atoms with Crippen molar-refractivity contribution in [3.63, 3.8) is 0 Å². The van der Waals surface area contributed by atoms with Crippen LogP contribution >= 0.6 is 0 Å². The molecule has 0 spiro atoms. The van der Waals surface area contributed by atoms with Gasteiger partial charge in [0, 0.05) is 11.1 Å². The quantitative estimate of drug-likeness (QED) is 0.891. The molecule has 0 saturated carbocycles. The van der Waals surface area contributed by atoms with E-state index in [0.29, 0.717) is 0 Å². The fraction of sp³-hybridized carbons (Fsp3) is 0.500. The Morgan fingerprint density at radius 2 is 1.70 bits per heavy atom. The Morgan fingerprint density at radius 3 is 2.17 bits per heavy atom. The third-order valence-corrected chi connectivity index (χ3v) is 3.23. The maximum atomic E-state index is 12.9.